The molecule has 0 atom stereocenters. The van der Waals surface area contributed by atoms with E-state index in [1.54, 1.807) is 0 Å². The first-order valence-electron chi connectivity index (χ1n) is 11.2. The summed E-state index contributed by atoms with van der Waals surface area (Å²) in [5.41, 5.74) is 3.60. The van der Waals surface area contributed by atoms with Crippen molar-refractivity contribution in [2.24, 2.45) is 0 Å². The number of carbonyl (C=O) groups is 1. The van der Waals surface area contributed by atoms with Gasteiger partial charge in [0.2, 0.25) is 5.91 Å². The van der Waals surface area contributed by atoms with Gasteiger partial charge in [0.25, 0.3) is 0 Å². The zero-order valence-electron chi connectivity index (χ0n) is 19.6. The molecule has 1 amide bonds. The van der Waals surface area contributed by atoms with E-state index in [2.05, 4.69) is 22.3 Å². The molecule has 0 N–H and O–H groups in total. The fourth-order valence-corrected chi connectivity index (χ4v) is 4.46. The number of nitriles is 1. The van der Waals surface area contributed by atoms with Crippen molar-refractivity contribution in [2.45, 2.75) is 19.0 Å². The second kappa shape index (κ2) is 11.4. The van der Waals surface area contributed by atoms with E-state index in [-0.39, 0.29) is 18.2 Å². The lowest BCUT2D eigenvalue weighted by Gasteiger charge is -2.19. The minimum Gasteiger partial charge on any atom is -0.494 e. The van der Waals surface area contributed by atoms with Gasteiger partial charge in [-0.3, -0.25) is 14.3 Å². The van der Waals surface area contributed by atoms with Crippen LogP contribution in [-0.2, 0) is 4.79 Å². The average molecular weight is 484 g/mol. The standard InChI is InChI=1S/C27H25N5O2S/c1-3-34-24-14-12-23(13-15-24)32-26(21-9-7-8-20(2)18-21)29-30-27(32)35-19-25(33)31(17-16-28)22-10-5-4-6-11-22/h4-15,18H,3,17,19H2,1-2H3. The Bertz CT molecular complexity index is 1330. The third kappa shape index (κ3) is 5.70. The molecule has 4 rings (SSSR count). The second-order valence-electron chi connectivity index (χ2n) is 7.70. The summed E-state index contributed by atoms with van der Waals surface area (Å²) in [5.74, 6) is 1.39. The molecule has 35 heavy (non-hydrogen) atoms. The first kappa shape index (κ1) is 24.0. The Balaban J connectivity index is 1.65. The monoisotopic (exact) mass is 483 g/mol. The number of hydrogen-bond donors (Lipinski definition) is 0. The minimum absolute atomic E-state index is 0.0243. The first-order chi connectivity index (χ1) is 17.1. The van der Waals surface area contributed by atoms with Crippen molar-refractivity contribution in [1.29, 1.82) is 5.26 Å². The van der Waals surface area contributed by atoms with Gasteiger partial charge in [-0.25, -0.2) is 0 Å². The normalized spacial score (nSPS) is 10.5. The Morgan fingerprint density at radius 3 is 2.51 bits per heavy atom. The van der Waals surface area contributed by atoms with Crippen LogP contribution in [0.3, 0.4) is 0 Å². The van der Waals surface area contributed by atoms with Gasteiger partial charge in [0.05, 0.1) is 18.4 Å². The Kier molecular flexibility index (Phi) is 7.81. The van der Waals surface area contributed by atoms with Crippen molar-refractivity contribution in [3.05, 3.63) is 84.4 Å². The van der Waals surface area contributed by atoms with Gasteiger partial charge in [0.15, 0.2) is 11.0 Å². The summed E-state index contributed by atoms with van der Waals surface area (Å²) in [6, 6.07) is 27.0. The van der Waals surface area contributed by atoms with Gasteiger partial charge in [-0.15, -0.1) is 10.2 Å². The number of anilines is 1. The quantitative estimate of drug-likeness (QED) is 0.238. The summed E-state index contributed by atoms with van der Waals surface area (Å²) >= 11 is 1.29. The molecule has 0 saturated carbocycles. The maximum absolute atomic E-state index is 13.1. The first-order valence-corrected chi connectivity index (χ1v) is 12.2. The van der Waals surface area contributed by atoms with Gasteiger partial charge in [0, 0.05) is 16.9 Å². The lowest BCUT2D eigenvalue weighted by molar-refractivity contribution is -0.116. The maximum atomic E-state index is 13.1. The van der Waals surface area contributed by atoms with Crippen LogP contribution in [0, 0.1) is 18.3 Å². The van der Waals surface area contributed by atoms with Crippen molar-refractivity contribution in [1.82, 2.24) is 14.8 Å². The molecule has 0 unspecified atom stereocenters. The van der Waals surface area contributed by atoms with Crippen LogP contribution in [0.2, 0.25) is 0 Å². The van der Waals surface area contributed by atoms with E-state index < -0.39 is 0 Å². The highest BCUT2D eigenvalue weighted by Gasteiger charge is 2.20. The molecule has 0 radical (unpaired) electrons. The molecule has 0 aliphatic rings. The summed E-state index contributed by atoms with van der Waals surface area (Å²) in [4.78, 5) is 14.6. The van der Waals surface area contributed by atoms with Gasteiger partial charge in [-0.05, 0) is 56.3 Å². The minimum atomic E-state index is -0.180. The fraction of sp³-hybridized carbons (Fsp3) is 0.185. The number of para-hydroxylation sites is 1. The van der Waals surface area contributed by atoms with Gasteiger partial charge in [-0.1, -0.05) is 53.7 Å². The Morgan fingerprint density at radius 1 is 1.06 bits per heavy atom. The molecule has 176 valence electrons. The molecule has 0 spiro atoms. The largest absolute Gasteiger partial charge is 0.494 e. The average Bonchev–Trinajstić information content (AvgIpc) is 3.31. The number of ether oxygens (including phenoxy) is 1. The molecule has 1 aromatic heterocycles. The van der Waals surface area contributed by atoms with Crippen LogP contribution >= 0.6 is 11.8 Å². The van der Waals surface area contributed by atoms with E-state index in [0.29, 0.717) is 23.3 Å². The van der Waals surface area contributed by atoms with E-state index in [4.69, 9.17) is 4.74 Å². The number of aryl methyl sites for hydroxylation is 1. The van der Waals surface area contributed by atoms with Crippen LogP contribution in [0.5, 0.6) is 5.75 Å². The number of nitrogens with zero attached hydrogens (tertiary/aromatic N) is 5. The molecule has 0 saturated heterocycles. The maximum Gasteiger partial charge on any atom is 0.238 e. The Labute approximate surface area is 209 Å². The van der Waals surface area contributed by atoms with Crippen molar-refractivity contribution < 1.29 is 9.53 Å². The molecule has 0 bridgehead atoms. The molecular formula is C27H25N5O2S. The van der Waals surface area contributed by atoms with Gasteiger partial charge in [-0.2, -0.15) is 5.26 Å². The molecule has 0 aliphatic carbocycles. The van der Waals surface area contributed by atoms with Crippen LogP contribution in [0.25, 0.3) is 17.1 Å². The van der Waals surface area contributed by atoms with Crippen LogP contribution in [0.15, 0.2) is 84.0 Å². The van der Waals surface area contributed by atoms with Crippen molar-refractivity contribution in [2.75, 3.05) is 23.8 Å². The molecular weight excluding hydrogens is 458 g/mol. The lowest BCUT2D eigenvalue weighted by Crippen LogP contribution is -2.32. The van der Waals surface area contributed by atoms with Crippen LogP contribution in [0.4, 0.5) is 5.69 Å². The summed E-state index contributed by atoms with van der Waals surface area (Å²) in [6.45, 7) is 4.54. The highest BCUT2D eigenvalue weighted by molar-refractivity contribution is 7.99. The molecule has 3 aromatic carbocycles. The van der Waals surface area contributed by atoms with Crippen molar-refractivity contribution in [3.8, 4) is 28.9 Å². The molecule has 4 aromatic rings. The van der Waals surface area contributed by atoms with E-state index in [1.807, 2.05) is 91.2 Å². The van der Waals surface area contributed by atoms with Gasteiger partial charge < -0.3 is 4.74 Å². The number of benzene rings is 3. The highest BCUT2D eigenvalue weighted by atomic mass is 32.2. The number of amides is 1. The van der Waals surface area contributed by atoms with E-state index in [0.717, 1.165) is 22.6 Å². The van der Waals surface area contributed by atoms with Crippen molar-refractivity contribution in [3.63, 3.8) is 0 Å². The zero-order chi connectivity index (χ0) is 24.6. The van der Waals surface area contributed by atoms with Gasteiger partial charge in [0.1, 0.15) is 12.3 Å². The highest BCUT2D eigenvalue weighted by Crippen LogP contribution is 2.30. The number of thioether (sulfide) groups is 1. The fourth-order valence-electron chi connectivity index (χ4n) is 3.63. The number of hydrogen-bond acceptors (Lipinski definition) is 6. The van der Waals surface area contributed by atoms with Crippen LogP contribution < -0.4 is 9.64 Å². The summed E-state index contributed by atoms with van der Waals surface area (Å²) in [5, 5.41) is 18.7. The van der Waals surface area contributed by atoms with Crippen LogP contribution in [0.1, 0.15) is 12.5 Å². The molecule has 0 aliphatic heterocycles. The predicted octanol–water partition coefficient (Wildman–Crippen LogP) is 5.29. The SMILES string of the molecule is CCOc1ccc(-n2c(SCC(=O)N(CC#N)c3ccccc3)nnc2-c2cccc(C)c2)cc1. The summed E-state index contributed by atoms with van der Waals surface area (Å²) in [7, 11) is 0. The number of aromatic nitrogens is 3. The summed E-state index contributed by atoms with van der Waals surface area (Å²) in [6.07, 6.45) is 0. The molecule has 1 heterocycles. The van der Waals surface area contributed by atoms with E-state index in [9.17, 15) is 10.1 Å². The summed E-state index contributed by atoms with van der Waals surface area (Å²) < 4.78 is 7.53. The molecule has 8 heteroatoms. The third-order valence-electron chi connectivity index (χ3n) is 5.24. The lowest BCUT2D eigenvalue weighted by atomic mass is 10.1. The van der Waals surface area contributed by atoms with Crippen molar-refractivity contribution >= 4 is 23.4 Å². The van der Waals surface area contributed by atoms with Crippen LogP contribution in [-0.4, -0.2) is 39.6 Å². The number of carbonyl (C=O) groups excluding carboxylic acids is 1. The smallest absolute Gasteiger partial charge is 0.238 e. The molecule has 7 nitrogen and oxygen atoms in total. The second-order valence-corrected chi connectivity index (χ2v) is 8.64. The Morgan fingerprint density at radius 2 is 1.83 bits per heavy atom. The number of rotatable bonds is 9. The Hall–Kier alpha value is -4.09. The van der Waals surface area contributed by atoms with E-state index >= 15 is 0 Å². The van der Waals surface area contributed by atoms with E-state index in [1.165, 1.54) is 16.7 Å². The third-order valence-corrected chi connectivity index (χ3v) is 6.15. The topological polar surface area (TPSA) is 84.0 Å². The molecule has 0 fully saturated rings. The predicted molar refractivity (Wildman–Crippen MR) is 138 cm³/mol. The van der Waals surface area contributed by atoms with Gasteiger partial charge >= 0.3 is 0 Å². The zero-order valence-corrected chi connectivity index (χ0v) is 20.4.